The Morgan fingerprint density at radius 2 is 2.05 bits per heavy atom. The van der Waals surface area contributed by atoms with Gasteiger partial charge in [-0.1, -0.05) is 23.7 Å². The number of anilines is 1. The van der Waals surface area contributed by atoms with Gasteiger partial charge in [-0.15, -0.1) is 0 Å². The van der Waals surface area contributed by atoms with Crippen molar-refractivity contribution >= 4 is 33.3 Å². The monoisotopic (exact) mass is 628 g/mol. The molecule has 3 aliphatic carbocycles. The molecule has 0 bridgehead atoms. The molecule has 232 valence electrons. The number of hydrogen-bond acceptors (Lipinski definition) is 6. The Balaban J connectivity index is 1.26. The fourth-order valence-electron chi connectivity index (χ4n) is 7.85. The Bertz CT molecular complexity index is 1540. The van der Waals surface area contributed by atoms with Crippen LogP contribution in [0, 0.1) is 17.8 Å². The van der Waals surface area contributed by atoms with E-state index >= 15 is 0 Å². The smallest absolute Gasteiger partial charge is 0.335 e. The predicted octanol–water partition coefficient (Wildman–Crippen LogP) is 5.57. The van der Waals surface area contributed by atoms with E-state index in [0.717, 1.165) is 68.1 Å². The molecule has 2 aromatic carbocycles. The van der Waals surface area contributed by atoms with Crippen molar-refractivity contribution in [3.63, 3.8) is 0 Å². The number of primary sulfonamides is 1. The van der Waals surface area contributed by atoms with Crippen LogP contribution in [0.2, 0.25) is 5.02 Å². The highest BCUT2D eigenvalue weighted by atomic mass is 35.5. The highest BCUT2D eigenvalue weighted by Crippen LogP contribution is 2.48. The minimum absolute atomic E-state index is 0.0145. The average molecular weight is 629 g/mol. The van der Waals surface area contributed by atoms with E-state index in [9.17, 15) is 18.3 Å². The van der Waals surface area contributed by atoms with Crippen molar-refractivity contribution in [2.24, 2.45) is 22.9 Å². The fraction of sp³-hybridized carbons (Fsp3) is 0.545. The number of benzene rings is 2. The van der Waals surface area contributed by atoms with E-state index in [1.165, 1.54) is 16.7 Å². The molecular formula is C33H41ClN2O6S. The molecule has 0 aromatic heterocycles. The summed E-state index contributed by atoms with van der Waals surface area (Å²) >= 11 is 6.39. The normalized spacial score (nSPS) is 27.9. The number of aryl methyl sites for hydroxylation is 1. The fourth-order valence-corrected chi connectivity index (χ4v) is 8.56. The number of rotatable bonds is 9. The zero-order chi connectivity index (χ0) is 30.5. The van der Waals surface area contributed by atoms with Crippen LogP contribution in [0.3, 0.4) is 0 Å². The molecule has 1 spiro atoms. The van der Waals surface area contributed by atoms with Gasteiger partial charge in [-0.25, -0.2) is 18.4 Å². The van der Waals surface area contributed by atoms with Gasteiger partial charge in [0.15, 0.2) is 0 Å². The molecule has 1 saturated carbocycles. The van der Waals surface area contributed by atoms with Crippen LogP contribution >= 0.6 is 11.6 Å². The number of carboxylic acid groups (broad SMARTS) is 1. The van der Waals surface area contributed by atoms with Gasteiger partial charge in [-0.2, -0.15) is 0 Å². The van der Waals surface area contributed by atoms with Gasteiger partial charge in [0.25, 0.3) is 0 Å². The SMILES string of the molecule is CO[C@@H](C1=C[C@@H](C[C@@H](C)S(N)(=O)=O)C1)[C@@H]1CC[C@H]1CN1C[C@@]2(CCCc3cc(Cl)ccc32)COc2ccc(C(=O)O)cc21. The molecule has 0 radical (unpaired) electrons. The molecule has 4 aliphatic rings. The van der Waals surface area contributed by atoms with Gasteiger partial charge < -0.3 is 19.5 Å². The molecule has 43 heavy (non-hydrogen) atoms. The third-order valence-corrected chi connectivity index (χ3v) is 11.9. The molecule has 1 aliphatic heterocycles. The van der Waals surface area contributed by atoms with Crippen LogP contribution in [0.25, 0.3) is 0 Å². The number of nitrogens with zero attached hydrogens (tertiary/aromatic N) is 1. The summed E-state index contributed by atoms with van der Waals surface area (Å²) in [4.78, 5) is 14.3. The number of methoxy groups -OCH3 is 1. The number of carboxylic acids is 1. The number of allylic oxidation sites excluding steroid dienone is 1. The molecule has 0 amide bonds. The lowest BCUT2D eigenvalue weighted by molar-refractivity contribution is 0.000417. The molecular weight excluding hydrogens is 588 g/mol. The highest BCUT2D eigenvalue weighted by Gasteiger charge is 2.46. The third kappa shape index (κ3) is 5.93. The first kappa shape index (κ1) is 30.4. The molecule has 1 heterocycles. The van der Waals surface area contributed by atoms with Crippen molar-refractivity contribution in [3.05, 3.63) is 69.8 Å². The number of ether oxygens (including phenoxy) is 2. The Morgan fingerprint density at radius 1 is 1.26 bits per heavy atom. The standard InChI is InChI=1S/C33H41ClN2O6S/c1-20(43(35,39)40)12-21-13-25(14-21)31(41-2)27-8-5-24(27)17-36-18-33(11-3-4-22-15-26(34)7-9-28(22)33)19-42-30-10-6-23(32(37)38)16-29(30)36/h6-7,9-10,13,15-16,20-21,24,27,31H,3-5,8,11-12,14,17-19H2,1-2H3,(H,37,38)(H2,35,39,40)/t20-,21-,24+,27-,31+,33+/m1/s1. The Kier molecular flexibility index (Phi) is 8.30. The highest BCUT2D eigenvalue weighted by molar-refractivity contribution is 7.89. The summed E-state index contributed by atoms with van der Waals surface area (Å²) in [5, 5.41) is 15.3. The number of fused-ring (bicyclic) bond motifs is 3. The second-order valence-electron chi connectivity index (χ2n) is 13.1. The summed E-state index contributed by atoms with van der Waals surface area (Å²) < 4.78 is 36.0. The second kappa shape index (κ2) is 11.7. The Hall–Kier alpha value is -2.59. The van der Waals surface area contributed by atoms with Gasteiger partial charge in [-0.3, -0.25) is 0 Å². The van der Waals surface area contributed by atoms with Crippen LogP contribution < -0.4 is 14.8 Å². The van der Waals surface area contributed by atoms with E-state index in [1.807, 2.05) is 6.07 Å². The van der Waals surface area contributed by atoms with E-state index in [1.54, 1.807) is 32.2 Å². The maximum Gasteiger partial charge on any atom is 0.335 e. The predicted molar refractivity (Wildman–Crippen MR) is 168 cm³/mol. The largest absolute Gasteiger partial charge is 0.490 e. The molecule has 3 N–H and O–H groups in total. The van der Waals surface area contributed by atoms with Gasteiger partial charge in [-0.05, 0) is 117 Å². The maximum atomic E-state index is 12.0. The van der Waals surface area contributed by atoms with Crippen molar-refractivity contribution in [2.75, 3.05) is 31.7 Å². The minimum atomic E-state index is -3.54. The van der Waals surface area contributed by atoms with Crippen LogP contribution in [-0.2, 0) is 26.6 Å². The second-order valence-corrected chi connectivity index (χ2v) is 15.5. The molecule has 6 atom stereocenters. The number of carbonyl (C=O) groups is 1. The summed E-state index contributed by atoms with van der Waals surface area (Å²) in [7, 11) is -1.78. The van der Waals surface area contributed by atoms with Gasteiger partial charge in [0.1, 0.15) is 5.75 Å². The lowest BCUT2D eigenvalue weighted by Crippen LogP contribution is -2.50. The number of hydrogen-bond donors (Lipinski definition) is 2. The number of nitrogens with two attached hydrogens (primary N) is 1. The topological polar surface area (TPSA) is 119 Å². The van der Waals surface area contributed by atoms with Crippen molar-refractivity contribution in [3.8, 4) is 5.75 Å². The maximum absolute atomic E-state index is 12.0. The van der Waals surface area contributed by atoms with Crippen LogP contribution in [0.5, 0.6) is 5.75 Å². The number of aromatic carboxylic acids is 1. The summed E-state index contributed by atoms with van der Waals surface area (Å²) in [5.41, 5.74) is 4.63. The van der Waals surface area contributed by atoms with Gasteiger partial charge >= 0.3 is 5.97 Å². The molecule has 0 saturated heterocycles. The first-order chi connectivity index (χ1) is 20.5. The first-order valence-electron chi connectivity index (χ1n) is 15.3. The zero-order valence-corrected chi connectivity index (χ0v) is 26.4. The quantitative estimate of drug-likeness (QED) is 0.349. The summed E-state index contributed by atoms with van der Waals surface area (Å²) in [6, 6.07) is 11.4. The van der Waals surface area contributed by atoms with E-state index in [2.05, 4.69) is 23.1 Å². The minimum Gasteiger partial charge on any atom is -0.490 e. The van der Waals surface area contributed by atoms with Gasteiger partial charge in [0.05, 0.1) is 29.2 Å². The Morgan fingerprint density at radius 3 is 2.72 bits per heavy atom. The van der Waals surface area contributed by atoms with E-state index in [0.29, 0.717) is 24.9 Å². The molecule has 1 fully saturated rings. The number of halogens is 1. The average Bonchev–Trinajstić information content (AvgIpc) is 3.07. The molecule has 6 rings (SSSR count). The first-order valence-corrected chi connectivity index (χ1v) is 17.2. The Labute approximate surface area is 259 Å². The third-order valence-electron chi connectivity index (χ3n) is 10.4. The van der Waals surface area contributed by atoms with E-state index < -0.39 is 21.2 Å². The van der Waals surface area contributed by atoms with Crippen LogP contribution in [0.15, 0.2) is 48.0 Å². The summed E-state index contributed by atoms with van der Waals surface area (Å²) in [6.45, 7) is 3.70. The van der Waals surface area contributed by atoms with E-state index in [-0.39, 0.29) is 23.0 Å². The lowest BCUT2D eigenvalue weighted by Gasteiger charge is -2.48. The van der Waals surface area contributed by atoms with Crippen LogP contribution in [-0.4, -0.2) is 57.7 Å². The zero-order valence-electron chi connectivity index (χ0n) is 24.8. The van der Waals surface area contributed by atoms with Crippen molar-refractivity contribution in [1.29, 1.82) is 0 Å². The van der Waals surface area contributed by atoms with E-state index in [4.69, 9.17) is 26.2 Å². The molecule has 10 heteroatoms. The van der Waals surface area contributed by atoms with Crippen molar-refractivity contribution < 1.29 is 27.8 Å². The molecule has 0 unspecified atom stereocenters. The van der Waals surface area contributed by atoms with Gasteiger partial charge in [0, 0.05) is 30.6 Å². The summed E-state index contributed by atoms with van der Waals surface area (Å²) in [5.74, 6) is 0.650. The van der Waals surface area contributed by atoms with Crippen molar-refractivity contribution in [2.45, 2.75) is 68.6 Å². The number of sulfonamides is 1. The van der Waals surface area contributed by atoms with Gasteiger partial charge in [0.2, 0.25) is 10.0 Å². The summed E-state index contributed by atoms with van der Waals surface area (Å²) in [6.07, 6.45) is 8.64. The van der Waals surface area contributed by atoms with Crippen LogP contribution in [0.4, 0.5) is 5.69 Å². The molecule has 2 aromatic rings. The van der Waals surface area contributed by atoms with Crippen LogP contribution in [0.1, 0.15) is 66.9 Å². The van der Waals surface area contributed by atoms with Crippen molar-refractivity contribution in [1.82, 2.24) is 0 Å². The molecule has 8 nitrogen and oxygen atoms in total. The lowest BCUT2D eigenvalue weighted by atomic mass is 9.65.